The van der Waals surface area contributed by atoms with Crippen molar-refractivity contribution in [2.45, 2.75) is 19.4 Å². The number of esters is 1. The Kier molecular flexibility index (Phi) is 9.46. The molecule has 5 heteroatoms. The second kappa shape index (κ2) is 9.89. The van der Waals surface area contributed by atoms with Crippen LogP contribution < -0.4 is 0 Å². The molecule has 0 aromatic heterocycles. The highest BCUT2D eigenvalue weighted by molar-refractivity contribution is 5.73. The van der Waals surface area contributed by atoms with Gasteiger partial charge in [-0.25, -0.2) is 4.79 Å². The Bertz CT molecular complexity index is 160. The van der Waals surface area contributed by atoms with Crippen LogP contribution in [0, 0.1) is 0 Å². The molecule has 0 spiro atoms. The molecule has 0 aliphatic rings. The number of ether oxygens (including phenoxy) is 4. The van der Waals surface area contributed by atoms with Crippen molar-refractivity contribution >= 4 is 5.97 Å². The molecule has 0 saturated heterocycles. The minimum absolute atomic E-state index is 0.352. The molecule has 0 N–H and O–H groups in total. The topological polar surface area (TPSA) is 54.0 Å². The largest absolute Gasteiger partial charge is 0.467 e. The molecular weight excluding hydrogens is 200 g/mol. The van der Waals surface area contributed by atoms with Gasteiger partial charge in [0, 0.05) is 20.3 Å². The Labute approximate surface area is 90.6 Å². The van der Waals surface area contributed by atoms with E-state index in [-0.39, 0.29) is 5.97 Å². The molecule has 0 aromatic rings. The molecule has 0 aliphatic carbocycles. The zero-order valence-electron chi connectivity index (χ0n) is 9.65. The summed E-state index contributed by atoms with van der Waals surface area (Å²) in [4.78, 5) is 10.9. The fraction of sp³-hybridized carbons (Fsp3) is 0.900. The van der Waals surface area contributed by atoms with Crippen LogP contribution in [0.1, 0.15) is 13.3 Å². The van der Waals surface area contributed by atoms with Gasteiger partial charge in [0.25, 0.3) is 0 Å². The van der Waals surface area contributed by atoms with Crippen LogP contribution in [0.25, 0.3) is 0 Å². The van der Waals surface area contributed by atoms with E-state index in [4.69, 9.17) is 14.2 Å². The van der Waals surface area contributed by atoms with E-state index in [1.165, 1.54) is 7.11 Å². The van der Waals surface area contributed by atoms with Crippen LogP contribution in [-0.4, -0.2) is 52.7 Å². The van der Waals surface area contributed by atoms with Crippen molar-refractivity contribution in [3.63, 3.8) is 0 Å². The van der Waals surface area contributed by atoms with Gasteiger partial charge in [0.05, 0.1) is 20.3 Å². The number of hydrogen-bond donors (Lipinski definition) is 0. The quantitative estimate of drug-likeness (QED) is 0.421. The van der Waals surface area contributed by atoms with E-state index < -0.39 is 6.10 Å². The first-order chi connectivity index (χ1) is 7.22. The lowest BCUT2D eigenvalue weighted by molar-refractivity contribution is -0.153. The van der Waals surface area contributed by atoms with Crippen LogP contribution >= 0.6 is 0 Å². The van der Waals surface area contributed by atoms with Crippen LogP contribution in [0.15, 0.2) is 0 Å². The molecule has 0 saturated carbocycles. The number of methoxy groups -OCH3 is 2. The average Bonchev–Trinajstić information content (AvgIpc) is 2.26. The smallest absolute Gasteiger partial charge is 0.334 e. The summed E-state index contributed by atoms with van der Waals surface area (Å²) in [7, 11) is 2.97. The molecule has 0 rings (SSSR count). The van der Waals surface area contributed by atoms with Crippen molar-refractivity contribution in [2.24, 2.45) is 0 Å². The molecule has 0 aliphatic heterocycles. The van der Waals surface area contributed by atoms with Gasteiger partial charge in [-0.1, -0.05) is 0 Å². The van der Waals surface area contributed by atoms with Crippen LogP contribution in [-0.2, 0) is 23.7 Å². The number of carbonyl (C=O) groups excluding carboxylic acids is 1. The van der Waals surface area contributed by atoms with Gasteiger partial charge in [-0.2, -0.15) is 0 Å². The second-order valence-electron chi connectivity index (χ2n) is 2.99. The minimum Gasteiger partial charge on any atom is -0.467 e. The minimum atomic E-state index is -0.506. The molecule has 0 bridgehead atoms. The van der Waals surface area contributed by atoms with Crippen LogP contribution in [0.2, 0.25) is 0 Å². The van der Waals surface area contributed by atoms with E-state index in [0.29, 0.717) is 26.4 Å². The molecule has 90 valence electrons. The van der Waals surface area contributed by atoms with Crippen LogP contribution in [0.4, 0.5) is 0 Å². The van der Waals surface area contributed by atoms with Gasteiger partial charge in [0.2, 0.25) is 0 Å². The number of carbonyl (C=O) groups is 1. The lowest BCUT2D eigenvalue weighted by atomic mass is 10.4. The summed E-state index contributed by atoms with van der Waals surface area (Å²) in [5.41, 5.74) is 0. The third-order valence-electron chi connectivity index (χ3n) is 1.77. The predicted molar refractivity (Wildman–Crippen MR) is 54.7 cm³/mol. The molecule has 1 unspecified atom stereocenters. The summed E-state index contributed by atoms with van der Waals surface area (Å²) in [6, 6.07) is 0. The van der Waals surface area contributed by atoms with Gasteiger partial charge in [-0.3, -0.25) is 0 Å². The average molecular weight is 220 g/mol. The summed E-state index contributed by atoms with van der Waals surface area (Å²) >= 11 is 0. The number of hydrogen-bond acceptors (Lipinski definition) is 5. The predicted octanol–water partition coefficient (Wildman–Crippen LogP) is 0.618. The van der Waals surface area contributed by atoms with Gasteiger partial charge in [-0.15, -0.1) is 0 Å². The summed E-state index contributed by atoms with van der Waals surface area (Å²) in [6.07, 6.45) is 0.249. The van der Waals surface area contributed by atoms with Gasteiger partial charge >= 0.3 is 5.97 Å². The zero-order valence-corrected chi connectivity index (χ0v) is 9.65. The van der Waals surface area contributed by atoms with Gasteiger partial charge in [0.1, 0.15) is 0 Å². The Morgan fingerprint density at radius 2 is 1.87 bits per heavy atom. The van der Waals surface area contributed by atoms with E-state index in [2.05, 4.69) is 4.74 Å². The maximum atomic E-state index is 10.9. The first-order valence-corrected chi connectivity index (χ1v) is 4.98. The Morgan fingerprint density at radius 1 is 1.13 bits per heavy atom. The molecule has 1 atom stereocenters. The molecular formula is C10H20O5. The lowest BCUT2D eigenvalue weighted by Gasteiger charge is -2.10. The maximum absolute atomic E-state index is 10.9. The van der Waals surface area contributed by atoms with Crippen molar-refractivity contribution in [3.05, 3.63) is 0 Å². The summed E-state index contributed by atoms with van der Waals surface area (Å²) in [5.74, 6) is -0.352. The SMILES string of the molecule is COCCOCCCOC(C)C(=O)OC. The van der Waals surface area contributed by atoms with E-state index in [1.807, 2.05) is 0 Å². The molecule has 5 nitrogen and oxygen atoms in total. The maximum Gasteiger partial charge on any atom is 0.334 e. The van der Waals surface area contributed by atoms with Crippen LogP contribution in [0.3, 0.4) is 0 Å². The molecule has 0 amide bonds. The monoisotopic (exact) mass is 220 g/mol. The highest BCUT2D eigenvalue weighted by Gasteiger charge is 2.12. The molecule has 0 heterocycles. The normalized spacial score (nSPS) is 12.5. The highest BCUT2D eigenvalue weighted by atomic mass is 16.6. The summed E-state index contributed by atoms with van der Waals surface area (Å²) < 4.78 is 19.8. The fourth-order valence-corrected chi connectivity index (χ4v) is 0.899. The third kappa shape index (κ3) is 8.35. The van der Waals surface area contributed by atoms with Gasteiger partial charge < -0.3 is 18.9 Å². The second-order valence-corrected chi connectivity index (χ2v) is 2.99. The highest BCUT2D eigenvalue weighted by Crippen LogP contribution is 1.95. The third-order valence-corrected chi connectivity index (χ3v) is 1.77. The van der Waals surface area contributed by atoms with E-state index in [0.717, 1.165) is 6.42 Å². The zero-order chi connectivity index (χ0) is 11.5. The number of rotatable bonds is 9. The van der Waals surface area contributed by atoms with Crippen molar-refractivity contribution in [1.82, 2.24) is 0 Å². The Hall–Kier alpha value is -0.650. The molecule has 0 radical (unpaired) electrons. The molecule has 15 heavy (non-hydrogen) atoms. The first kappa shape index (κ1) is 14.3. The molecule has 0 aromatic carbocycles. The standard InChI is InChI=1S/C10H20O5/c1-9(10(11)13-3)15-6-4-5-14-8-7-12-2/h9H,4-8H2,1-3H3. The van der Waals surface area contributed by atoms with Gasteiger partial charge in [-0.05, 0) is 13.3 Å². The van der Waals surface area contributed by atoms with Crippen molar-refractivity contribution in [3.8, 4) is 0 Å². The van der Waals surface area contributed by atoms with E-state index in [9.17, 15) is 4.79 Å². The lowest BCUT2D eigenvalue weighted by Crippen LogP contribution is -2.22. The van der Waals surface area contributed by atoms with Crippen molar-refractivity contribution < 1.29 is 23.7 Å². The summed E-state index contributed by atoms with van der Waals surface area (Å²) in [5, 5.41) is 0. The van der Waals surface area contributed by atoms with E-state index in [1.54, 1.807) is 14.0 Å². The molecule has 0 fully saturated rings. The summed E-state index contributed by atoms with van der Waals surface area (Å²) in [6.45, 7) is 3.95. The van der Waals surface area contributed by atoms with E-state index >= 15 is 0 Å². The van der Waals surface area contributed by atoms with Crippen LogP contribution in [0.5, 0.6) is 0 Å². The first-order valence-electron chi connectivity index (χ1n) is 4.98. The van der Waals surface area contributed by atoms with Crippen molar-refractivity contribution in [2.75, 3.05) is 40.6 Å². The van der Waals surface area contributed by atoms with Gasteiger partial charge in [0.15, 0.2) is 6.10 Å². The Balaban J connectivity index is 3.20. The Morgan fingerprint density at radius 3 is 2.47 bits per heavy atom. The fourth-order valence-electron chi connectivity index (χ4n) is 0.899. The van der Waals surface area contributed by atoms with Crippen molar-refractivity contribution in [1.29, 1.82) is 0 Å².